The number of hydrogen-bond donors (Lipinski definition) is 0. The van der Waals surface area contributed by atoms with Crippen LogP contribution in [0.4, 0.5) is 13.2 Å². The maximum atomic E-state index is 12.6. The molecular weight excluding hydrogens is 409 g/mol. The van der Waals surface area contributed by atoms with Crippen LogP contribution in [0.1, 0.15) is 30.4 Å². The zero-order valence-electron chi connectivity index (χ0n) is 15.3. The van der Waals surface area contributed by atoms with Crippen molar-refractivity contribution in [3.8, 4) is 0 Å². The molecule has 2 aromatic rings. The molecule has 3 rings (SSSR count). The summed E-state index contributed by atoms with van der Waals surface area (Å²) in [5, 5.41) is 0. The van der Waals surface area contributed by atoms with Gasteiger partial charge in [0, 0.05) is 0 Å². The molecule has 156 valence electrons. The highest BCUT2D eigenvalue weighted by Crippen LogP contribution is 2.33. The molecule has 5 nitrogen and oxygen atoms in total. The number of benzene rings is 2. The first-order valence-electron chi connectivity index (χ1n) is 8.96. The fourth-order valence-corrected chi connectivity index (χ4v) is 4.25. The van der Waals surface area contributed by atoms with E-state index < -0.39 is 39.8 Å². The molecule has 0 amide bonds. The standard InChI is InChI=1S/C20H19F3O5S/c21-20(22,23)16-7-10-18(11-8-16)29(25,26)28-17-9-6-15(12-17)19(24)27-13-14-4-2-1-3-5-14/h1-5,7-8,10-11,15,17H,6,9,12-13H2/t15-,17-/m0/s1. The van der Waals surface area contributed by atoms with Crippen molar-refractivity contribution in [1.82, 2.24) is 0 Å². The largest absolute Gasteiger partial charge is 0.461 e. The highest BCUT2D eigenvalue weighted by Gasteiger charge is 2.35. The molecule has 0 radical (unpaired) electrons. The minimum absolute atomic E-state index is 0.131. The predicted octanol–water partition coefficient (Wildman–Crippen LogP) is 4.32. The van der Waals surface area contributed by atoms with Crippen molar-refractivity contribution < 1.29 is 35.3 Å². The first-order chi connectivity index (χ1) is 13.6. The fraction of sp³-hybridized carbons (Fsp3) is 0.350. The lowest BCUT2D eigenvalue weighted by Gasteiger charge is -2.13. The number of rotatable bonds is 6. The van der Waals surface area contributed by atoms with Crippen molar-refractivity contribution in [3.05, 3.63) is 65.7 Å². The molecule has 2 atom stereocenters. The van der Waals surface area contributed by atoms with E-state index in [4.69, 9.17) is 8.92 Å². The molecule has 9 heteroatoms. The number of carbonyl (C=O) groups is 1. The van der Waals surface area contributed by atoms with Gasteiger partial charge in [-0.3, -0.25) is 8.98 Å². The summed E-state index contributed by atoms with van der Waals surface area (Å²) in [5.74, 6) is -0.904. The summed E-state index contributed by atoms with van der Waals surface area (Å²) in [6, 6.07) is 12.3. The molecule has 0 spiro atoms. The third-order valence-corrected chi connectivity index (χ3v) is 6.05. The van der Waals surface area contributed by atoms with Crippen molar-refractivity contribution >= 4 is 16.1 Å². The van der Waals surface area contributed by atoms with E-state index in [-0.39, 0.29) is 17.9 Å². The highest BCUT2D eigenvalue weighted by molar-refractivity contribution is 7.86. The van der Waals surface area contributed by atoms with Gasteiger partial charge >= 0.3 is 12.1 Å². The third kappa shape index (κ3) is 5.57. The number of ether oxygens (including phenoxy) is 1. The monoisotopic (exact) mass is 428 g/mol. The molecule has 0 heterocycles. The molecule has 1 fully saturated rings. The summed E-state index contributed by atoms with van der Waals surface area (Å²) in [6.45, 7) is 0.131. The van der Waals surface area contributed by atoms with Crippen molar-refractivity contribution in [1.29, 1.82) is 0 Å². The van der Waals surface area contributed by atoms with Crippen LogP contribution in [0.25, 0.3) is 0 Å². The average molecular weight is 428 g/mol. The number of alkyl halides is 3. The molecule has 0 bridgehead atoms. The van der Waals surface area contributed by atoms with Gasteiger partial charge in [-0.2, -0.15) is 21.6 Å². The summed E-state index contributed by atoms with van der Waals surface area (Å²) in [6.07, 6.45) is -4.35. The second-order valence-corrected chi connectivity index (χ2v) is 8.37. The smallest absolute Gasteiger partial charge is 0.416 e. The van der Waals surface area contributed by atoms with E-state index in [2.05, 4.69) is 0 Å². The van der Waals surface area contributed by atoms with Crippen LogP contribution in [0, 0.1) is 5.92 Å². The Kier molecular flexibility index (Phi) is 6.28. The summed E-state index contributed by atoms with van der Waals surface area (Å²) in [5.41, 5.74) is -0.102. The van der Waals surface area contributed by atoms with Crippen molar-refractivity contribution in [2.75, 3.05) is 0 Å². The Balaban J connectivity index is 1.55. The van der Waals surface area contributed by atoms with Crippen LogP contribution in [-0.4, -0.2) is 20.5 Å². The minimum Gasteiger partial charge on any atom is -0.461 e. The van der Waals surface area contributed by atoms with Gasteiger partial charge in [0.15, 0.2) is 0 Å². The third-order valence-electron chi connectivity index (χ3n) is 4.67. The second kappa shape index (κ2) is 8.54. The molecule has 0 saturated heterocycles. The van der Waals surface area contributed by atoms with E-state index in [0.717, 1.165) is 17.7 Å². The van der Waals surface area contributed by atoms with Gasteiger partial charge in [0.2, 0.25) is 0 Å². The van der Waals surface area contributed by atoms with Gasteiger partial charge in [-0.25, -0.2) is 0 Å². The lowest BCUT2D eigenvalue weighted by atomic mass is 10.1. The average Bonchev–Trinajstić information content (AvgIpc) is 3.14. The van der Waals surface area contributed by atoms with Gasteiger partial charge in [-0.15, -0.1) is 0 Å². The Morgan fingerprint density at radius 1 is 1.00 bits per heavy atom. The van der Waals surface area contributed by atoms with Crippen LogP contribution in [0.5, 0.6) is 0 Å². The molecule has 1 saturated carbocycles. The fourth-order valence-electron chi connectivity index (χ4n) is 3.13. The molecule has 1 aliphatic carbocycles. The molecule has 0 N–H and O–H groups in total. The topological polar surface area (TPSA) is 69.7 Å². The van der Waals surface area contributed by atoms with Crippen LogP contribution < -0.4 is 0 Å². The Morgan fingerprint density at radius 2 is 1.66 bits per heavy atom. The van der Waals surface area contributed by atoms with Gasteiger partial charge in [-0.05, 0) is 49.1 Å². The van der Waals surface area contributed by atoms with Crippen LogP contribution in [0.2, 0.25) is 0 Å². The van der Waals surface area contributed by atoms with Crippen molar-refractivity contribution in [2.24, 2.45) is 5.92 Å². The number of carbonyl (C=O) groups excluding carboxylic acids is 1. The summed E-state index contributed by atoms with van der Waals surface area (Å²) in [4.78, 5) is 11.8. The normalized spacial score (nSPS) is 19.8. The van der Waals surface area contributed by atoms with E-state index in [1.165, 1.54) is 0 Å². The molecule has 0 unspecified atom stereocenters. The number of esters is 1. The minimum atomic E-state index is -4.55. The highest BCUT2D eigenvalue weighted by atomic mass is 32.2. The molecule has 2 aromatic carbocycles. The maximum absolute atomic E-state index is 12.6. The summed E-state index contributed by atoms with van der Waals surface area (Å²) < 4.78 is 72.9. The van der Waals surface area contributed by atoms with E-state index in [0.29, 0.717) is 25.0 Å². The van der Waals surface area contributed by atoms with Gasteiger partial charge in [0.1, 0.15) is 6.61 Å². The molecule has 29 heavy (non-hydrogen) atoms. The van der Waals surface area contributed by atoms with E-state index in [1.54, 1.807) is 0 Å². The first kappa shape index (κ1) is 21.3. The molecule has 1 aliphatic rings. The molecular formula is C20H19F3O5S. The van der Waals surface area contributed by atoms with Crippen molar-refractivity contribution in [2.45, 2.75) is 43.0 Å². The maximum Gasteiger partial charge on any atom is 0.416 e. The Bertz CT molecular complexity index is 940. The summed E-state index contributed by atoms with van der Waals surface area (Å²) >= 11 is 0. The van der Waals surface area contributed by atoms with Crippen LogP contribution in [0.15, 0.2) is 59.5 Å². The zero-order valence-corrected chi connectivity index (χ0v) is 16.1. The van der Waals surface area contributed by atoms with Crippen LogP contribution in [0.3, 0.4) is 0 Å². The zero-order chi connectivity index (χ0) is 21.1. The Hall–Kier alpha value is -2.39. The van der Waals surface area contributed by atoms with Crippen molar-refractivity contribution in [3.63, 3.8) is 0 Å². The van der Waals surface area contributed by atoms with Gasteiger partial charge < -0.3 is 4.74 Å². The number of hydrogen-bond acceptors (Lipinski definition) is 5. The van der Waals surface area contributed by atoms with E-state index in [1.807, 2.05) is 30.3 Å². The van der Waals surface area contributed by atoms with Crippen LogP contribution >= 0.6 is 0 Å². The SMILES string of the molecule is O=C(OCc1ccccc1)[C@H]1CC[C@H](OS(=O)(=O)c2ccc(C(F)(F)F)cc2)C1. The van der Waals surface area contributed by atoms with Crippen LogP contribution in [-0.2, 0) is 36.6 Å². The van der Waals surface area contributed by atoms with E-state index in [9.17, 15) is 26.4 Å². The Morgan fingerprint density at radius 3 is 2.28 bits per heavy atom. The van der Waals surface area contributed by atoms with E-state index >= 15 is 0 Å². The molecule has 0 aromatic heterocycles. The lowest BCUT2D eigenvalue weighted by molar-refractivity contribution is -0.149. The molecule has 0 aliphatic heterocycles. The first-order valence-corrected chi connectivity index (χ1v) is 10.4. The quantitative estimate of drug-likeness (QED) is 0.506. The van der Waals surface area contributed by atoms with Gasteiger partial charge in [-0.1, -0.05) is 30.3 Å². The Labute approximate surface area is 166 Å². The number of halogens is 3. The lowest BCUT2D eigenvalue weighted by Crippen LogP contribution is -2.19. The van der Waals surface area contributed by atoms with Gasteiger partial charge in [0.05, 0.1) is 22.5 Å². The summed E-state index contributed by atoms with van der Waals surface area (Å²) in [7, 11) is -4.23. The van der Waals surface area contributed by atoms with Gasteiger partial charge in [0.25, 0.3) is 10.1 Å². The second-order valence-electron chi connectivity index (χ2n) is 6.80. The predicted molar refractivity (Wildman–Crippen MR) is 97.1 cm³/mol.